The lowest BCUT2D eigenvalue weighted by Crippen LogP contribution is -2.44. The third kappa shape index (κ3) is 3.68. The summed E-state index contributed by atoms with van der Waals surface area (Å²) < 4.78 is 5.49. The highest BCUT2D eigenvalue weighted by Crippen LogP contribution is 2.24. The standard InChI is InChI=1S/C14H22N2O3/c1-5-19-11-7-6-10(8-9(11)2)12(15-3)13(16-4)14(17)18/h6-8,12-13,15-16H,5H2,1-4H3,(H,17,18). The van der Waals surface area contributed by atoms with Crippen LogP contribution in [-0.2, 0) is 4.79 Å². The maximum atomic E-state index is 11.2. The molecule has 0 aromatic heterocycles. The molecule has 2 atom stereocenters. The first-order chi connectivity index (χ1) is 9.04. The number of aryl methyl sites for hydroxylation is 1. The molecule has 0 saturated carbocycles. The van der Waals surface area contributed by atoms with E-state index in [0.717, 1.165) is 16.9 Å². The maximum absolute atomic E-state index is 11.2. The Kier molecular flexibility index (Phi) is 5.79. The van der Waals surface area contributed by atoms with Gasteiger partial charge < -0.3 is 20.5 Å². The van der Waals surface area contributed by atoms with E-state index in [1.165, 1.54) is 0 Å². The van der Waals surface area contributed by atoms with Gasteiger partial charge in [0.1, 0.15) is 11.8 Å². The summed E-state index contributed by atoms with van der Waals surface area (Å²) in [6, 6.07) is 4.76. The van der Waals surface area contributed by atoms with Crippen LogP contribution in [-0.4, -0.2) is 37.8 Å². The zero-order chi connectivity index (χ0) is 14.4. The number of nitrogens with one attached hydrogen (secondary N) is 2. The number of likely N-dealkylation sites (N-methyl/N-ethyl adjacent to an activating group) is 2. The van der Waals surface area contributed by atoms with Gasteiger partial charge in [0.2, 0.25) is 0 Å². The van der Waals surface area contributed by atoms with Crippen LogP contribution in [0.1, 0.15) is 24.1 Å². The number of hydrogen-bond acceptors (Lipinski definition) is 4. The summed E-state index contributed by atoms with van der Waals surface area (Å²) in [5.74, 6) is -0.0502. The van der Waals surface area contributed by atoms with Gasteiger partial charge in [-0.15, -0.1) is 0 Å². The minimum atomic E-state index is -0.881. The lowest BCUT2D eigenvalue weighted by molar-refractivity contribution is -0.140. The summed E-state index contributed by atoms with van der Waals surface area (Å²) >= 11 is 0. The van der Waals surface area contributed by atoms with Crippen LogP contribution < -0.4 is 15.4 Å². The SMILES string of the molecule is CCOc1ccc(C(NC)C(NC)C(=O)O)cc1C. The Labute approximate surface area is 114 Å². The molecule has 0 saturated heterocycles. The Hall–Kier alpha value is -1.59. The molecule has 19 heavy (non-hydrogen) atoms. The van der Waals surface area contributed by atoms with Gasteiger partial charge in [-0.25, -0.2) is 0 Å². The van der Waals surface area contributed by atoms with Gasteiger partial charge in [-0.1, -0.05) is 12.1 Å². The third-order valence-electron chi connectivity index (χ3n) is 3.08. The summed E-state index contributed by atoms with van der Waals surface area (Å²) in [7, 11) is 3.40. The molecular formula is C14H22N2O3. The number of aliphatic carboxylic acids is 1. The van der Waals surface area contributed by atoms with Gasteiger partial charge in [-0.2, -0.15) is 0 Å². The van der Waals surface area contributed by atoms with Crippen LogP contribution in [0.3, 0.4) is 0 Å². The first kappa shape index (κ1) is 15.5. The quantitative estimate of drug-likeness (QED) is 0.694. The Balaban J connectivity index is 3.05. The highest BCUT2D eigenvalue weighted by atomic mass is 16.5. The lowest BCUT2D eigenvalue weighted by Gasteiger charge is -2.24. The molecule has 106 valence electrons. The van der Waals surface area contributed by atoms with Crippen molar-refractivity contribution in [3.8, 4) is 5.75 Å². The minimum absolute atomic E-state index is 0.295. The zero-order valence-corrected chi connectivity index (χ0v) is 11.9. The Morgan fingerprint density at radius 3 is 2.47 bits per heavy atom. The van der Waals surface area contributed by atoms with Gasteiger partial charge in [-0.3, -0.25) is 4.79 Å². The smallest absolute Gasteiger partial charge is 0.322 e. The molecule has 0 aliphatic heterocycles. The van der Waals surface area contributed by atoms with Crippen molar-refractivity contribution in [2.24, 2.45) is 0 Å². The summed E-state index contributed by atoms with van der Waals surface area (Å²) in [6.07, 6.45) is 0. The number of carbonyl (C=O) groups is 1. The highest BCUT2D eigenvalue weighted by Gasteiger charge is 2.26. The van der Waals surface area contributed by atoms with E-state index >= 15 is 0 Å². The number of hydrogen-bond donors (Lipinski definition) is 3. The number of ether oxygens (including phenoxy) is 1. The fraction of sp³-hybridized carbons (Fsp3) is 0.500. The Bertz CT molecular complexity index is 435. The molecule has 0 bridgehead atoms. The molecule has 1 aromatic rings. The second-order valence-corrected chi connectivity index (χ2v) is 4.33. The zero-order valence-electron chi connectivity index (χ0n) is 11.9. The molecular weight excluding hydrogens is 244 g/mol. The van der Waals surface area contributed by atoms with E-state index < -0.39 is 12.0 Å². The topological polar surface area (TPSA) is 70.6 Å². The van der Waals surface area contributed by atoms with Crippen molar-refractivity contribution in [3.63, 3.8) is 0 Å². The average molecular weight is 266 g/mol. The third-order valence-corrected chi connectivity index (χ3v) is 3.08. The van der Waals surface area contributed by atoms with Gasteiger partial charge >= 0.3 is 5.97 Å². The van der Waals surface area contributed by atoms with Gasteiger partial charge in [0.15, 0.2) is 0 Å². The Morgan fingerprint density at radius 1 is 1.37 bits per heavy atom. The monoisotopic (exact) mass is 266 g/mol. The van der Waals surface area contributed by atoms with Crippen molar-refractivity contribution in [1.82, 2.24) is 10.6 Å². The van der Waals surface area contributed by atoms with Gasteiger partial charge in [0.25, 0.3) is 0 Å². The Morgan fingerprint density at radius 2 is 2.05 bits per heavy atom. The number of carboxylic acids is 1. The number of carboxylic acid groups (broad SMARTS) is 1. The second-order valence-electron chi connectivity index (χ2n) is 4.33. The molecule has 0 spiro atoms. The number of rotatable bonds is 7. The summed E-state index contributed by atoms with van der Waals surface area (Å²) in [5.41, 5.74) is 1.92. The van der Waals surface area contributed by atoms with Crippen LogP contribution >= 0.6 is 0 Å². The molecule has 0 heterocycles. The van der Waals surface area contributed by atoms with E-state index in [-0.39, 0.29) is 6.04 Å². The van der Waals surface area contributed by atoms with Crippen molar-refractivity contribution < 1.29 is 14.6 Å². The van der Waals surface area contributed by atoms with Crippen LogP contribution in [0.4, 0.5) is 0 Å². The van der Waals surface area contributed by atoms with Crippen molar-refractivity contribution in [2.75, 3.05) is 20.7 Å². The molecule has 1 rings (SSSR count). The highest BCUT2D eigenvalue weighted by molar-refractivity contribution is 5.75. The van der Waals surface area contributed by atoms with E-state index in [0.29, 0.717) is 6.61 Å². The predicted octanol–water partition coefficient (Wildman–Crippen LogP) is 1.33. The fourth-order valence-electron chi connectivity index (χ4n) is 2.14. The molecule has 1 aromatic carbocycles. The van der Waals surface area contributed by atoms with Crippen LogP contribution in [0, 0.1) is 6.92 Å². The molecule has 0 aliphatic carbocycles. The average Bonchev–Trinajstić information content (AvgIpc) is 2.38. The van der Waals surface area contributed by atoms with E-state index in [1.54, 1.807) is 14.1 Å². The second kappa shape index (κ2) is 7.11. The van der Waals surface area contributed by atoms with E-state index in [1.807, 2.05) is 32.0 Å². The summed E-state index contributed by atoms with van der Waals surface area (Å²) in [5, 5.41) is 15.1. The molecule has 0 amide bonds. The van der Waals surface area contributed by atoms with Crippen LogP contribution in [0.2, 0.25) is 0 Å². The maximum Gasteiger partial charge on any atom is 0.322 e. The normalized spacial score (nSPS) is 13.9. The van der Waals surface area contributed by atoms with Crippen molar-refractivity contribution >= 4 is 5.97 Å². The van der Waals surface area contributed by atoms with Gasteiger partial charge in [0, 0.05) is 0 Å². The summed E-state index contributed by atoms with van der Waals surface area (Å²) in [4.78, 5) is 11.2. The molecule has 5 nitrogen and oxygen atoms in total. The fourth-order valence-corrected chi connectivity index (χ4v) is 2.14. The molecule has 3 N–H and O–H groups in total. The predicted molar refractivity (Wildman–Crippen MR) is 74.6 cm³/mol. The van der Waals surface area contributed by atoms with Gasteiger partial charge in [-0.05, 0) is 45.1 Å². The lowest BCUT2D eigenvalue weighted by atomic mass is 9.97. The van der Waals surface area contributed by atoms with Crippen LogP contribution in [0.15, 0.2) is 18.2 Å². The minimum Gasteiger partial charge on any atom is -0.494 e. The largest absolute Gasteiger partial charge is 0.494 e. The van der Waals surface area contributed by atoms with Gasteiger partial charge in [0.05, 0.1) is 12.6 Å². The van der Waals surface area contributed by atoms with Crippen LogP contribution in [0.25, 0.3) is 0 Å². The first-order valence-corrected chi connectivity index (χ1v) is 6.35. The van der Waals surface area contributed by atoms with Crippen molar-refractivity contribution in [3.05, 3.63) is 29.3 Å². The summed E-state index contributed by atoms with van der Waals surface area (Å²) in [6.45, 7) is 4.51. The number of benzene rings is 1. The van der Waals surface area contributed by atoms with E-state index in [2.05, 4.69) is 10.6 Å². The molecule has 5 heteroatoms. The first-order valence-electron chi connectivity index (χ1n) is 6.35. The molecule has 0 radical (unpaired) electrons. The van der Waals surface area contributed by atoms with Crippen molar-refractivity contribution in [2.45, 2.75) is 25.9 Å². The van der Waals surface area contributed by atoms with E-state index in [9.17, 15) is 9.90 Å². The molecule has 0 fully saturated rings. The van der Waals surface area contributed by atoms with Crippen LogP contribution in [0.5, 0.6) is 5.75 Å². The van der Waals surface area contributed by atoms with E-state index in [4.69, 9.17) is 4.74 Å². The molecule has 2 unspecified atom stereocenters. The molecule has 0 aliphatic rings. The van der Waals surface area contributed by atoms with Crippen molar-refractivity contribution in [1.29, 1.82) is 0 Å².